The van der Waals surface area contributed by atoms with E-state index in [0.29, 0.717) is 18.1 Å². The number of piperidine rings is 1. The summed E-state index contributed by atoms with van der Waals surface area (Å²) in [7, 11) is -3.68. The Kier molecular flexibility index (Phi) is 7.55. The zero-order valence-electron chi connectivity index (χ0n) is 17.6. The van der Waals surface area contributed by atoms with Crippen molar-refractivity contribution in [3.63, 3.8) is 0 Å². The second kappa shape index (κ2) is 10.2. The Morgan fingerprint density at radius 3 is 2.64 bits per heavy atom. The topological polar surface area (TPSA) is 86.7 Å². The molecule has 1 amide bonds. The smallest absolute Gasteiger partial charge is 0.243 e. The van der Waals surface area contributed by atoms with Crippen molar-refractivity contribution in [2.75, 3.05) is 24.2 Å². The van der Waals surface area contributed by atoms with Gasteiger partial charge in [0.2, 0.25) is 15.9 Å². The predicted molar refractivity (Wildman–Crippen MR) is 137 cm³/mol. The molecule has 0 aliphatic carbocycles. The number of rotatable bonds is 6. The van der Waals surface area contributed by atoms with Crippen LogP contribution in [0.1, 0.15) is 19.3 Å². The highest BCUT2D eigenvalue weighted by atomic mass is 79.9. The maximum atomic E-state index is 12.9. The van der Waals surface area contributed by atoms with Crippen LogP contribution >= 0.6 is 39.3 Å². The van der Waals surface area contributed by atoms with Crippen LogP contribution < -0.4 is 5.32 Å². The second-order valence-corrected chi connectivity index (χ2v) is 11.9. The third-order valence-electron chi connectivity index (χ3n) is 5.45. The summed E-state index contributed by atoms with van der Waals surface area (Å²) in [6.45, 7) is 0.955. The number of phenolic OH excluding ortho intramolecular Hbond substituents is 1. The highest BCUT2D eigenvalue weighted by molar-refractivity contribution is 9.10. The van der Waals surface area contributed by atoms with E-state index in [1.807, 2.05) is 24.3 Å². The van der Waals surface area contributed by atoms with Gasteiger partial charge in [-0.2, -0.15) is 4.31 Å². The monoisotopic (exact) mass is 568 g/mol. The third-order valence-corrected chi connectivity index (χ3v) is 9.41. The van der Waals surface area contributed by atoms with Crippen molar-refractivity contribution in [3.8, 4) is 5.75 Å². The summed E-state index contributed by atoms with van der Waals surface area (Å²) in [6, 6.07) is 13.4. The Hall–Kier alpha value is -1.78. The summed E-state index contributed by atoms with van der Waals surface area (Å²) in [5.41, 5.74) is 0.0670. The van der Waals surface area contributed by atoms with Crippen LogP contribution in [0.25, 0.3) is 10.8 Å². The summed E-state index contributed by atoms with van der Waals surface area (Å²) in [4.78, 5) is 13.5. The molecular weight excluding hydrogens is 548 g/mol. The molecule has 0 atom stereocenters. The van der Waals surface area contributed by atoms with Gasteiger partial charge in [0.1, 0.15) is 5.75 Å². The van der Waals surface area contributed by atoms with Crippen LogP contribution in [-0.4, -0.2) is 42.6 Å². The van der Waals surface area contributed by atoms with Gasteiger partial charge in [-0.25, -0.2) is 8.42 Å². The van der Waals surface area contributed by atoms with Gasteiger partial charge in [0, 0.05) is 32.9 Å². The summed E-state index contributed by atoms with van der Waals surface area (Å²) in [6.07, 6.45) is 2.67. The molecule has 0 spiro atoms. The van der Waals surface area contributed by atoms with Crippen LogP contribution in [0.3, 0.4) is 0 Å². The van der Waals surface area contributed by atoms with E-state index in [-0.39, 0.29) is 28.0 Å². The van der Waals surface area contributed by atoms with E-state index in [2.05, 4.69) is 21.2 Å². The van der Waals surface area contributed by atoms with Crippen molar-refractivity contribution in [2.24, 2.45) is 0 Å². The molecule has 0 aromatic heterocycles. The number of nitrogens with zero attached hydrogens (tertiary/aromatic N) is 1. The maximum Gasteiger partial charge on any atom is 0.243 e. The maximum absolute atomic E-state index is 12.9. The summed E-state index contributed by atoms with van der Waals surface area (Å²) < 4.78 is 28.2. The number of amides is 1. The summed E-state index contributed by atoms with van der Waals surface area (Å²) >= 11 is 11.2. The van der Waals surface area contributed by atoms with Crippen molar-refractivity contribution < 1.29 is 18.3 Å². The van der Waals surface area contributed by atoms with E-state index in [9.17, 15) is 18.3 Å². The minimum atomic E-state index is -3.68. The van der Waals surface area contributed by atoms with Gasteiger partial charge in [0.25, 0.3) is 0 Å². The molecule has 1 saturated heterocycles. The number of benzene rings is 3. The lowest BCUT2D eigenvalue weighted by atomic mass is 10.1. The molecule has 4 rings (SSSR count). The number of thioether (sulfide) groups is 1. The Morgan fingerprint density at radius 2 is 1.88 bits per heavy atom. The van der Waals surface area contributed by atoms with Crippen LogP contribution in [0.15, 0.2) is 62.8 Å². The van der Waals surface area contributed by atoms with E-state index in [0.717, 1.165) is 39.4 Å². The quantitative estimate of drug-likeness (QED) is 0.287. The number of hydrogen-bond acceptors (Lipinski definition) is 5. The molecule has 174 valence electrons. The van der Waals surface area contributed by atoms with Gasteiger partial charge >= 0.3 is 0 Å². The molecule has 0 saturated carbocycles. The number of halogens is 2. The van der Waals surface area contributed by atoms with E-state index in [1.54, 1.807) is 6.07 Å². The molecule has 6 nitrogen and oxygen atoms in total. The first kappa shape index (κ1) is 24.3. The number of aromatic hydroxyl groups is 1. The molecule has 3 aromatic carbocycles. The molecule has 33 heavy (non-hydrogen) atoms. The number of sulfonamides is 1. The van der Waals surface area contributed by atoms with E-state index < -0.39 is 10.0 Å². The van der Waals surface area contributed by atoms with E-state index in [4.69, 9.17) is 11.6 Å². The molecule has 1 aliphatic rings. The van der Waals surface area contributed by atoms with Gasteiger partial charge in [-0.1, -0.05) is 46.1 Å². The molecular formula is C23H22BrClN2O4S2. The first-order chi connectivity index (χ1) is 15.8. The highest BCUT2D eigenvalue weighted by Crippen LogP contribution is 2.37. The van der Waals surface area contributed by atoms with Crippen LogP contribution in [0, 0.1) is 0 Å². The Labute approximate surface area is 210 Å². The summed E-state index contributed by atoms with van der Waals surface area (Å²) in [5, 5.41) is 15.2. The number of nitrogens with one attached hydrogen (secondary N) is 1. The molecule has 2 N–H and O–H groups in total. The zero-order valence-corrected chi connectivity index (χ0v) is 21.5. The minimum Gasteiger partial charge on any atom is -0.506 e. The fourth-order valence-corrected chi connectivity index (χ4v) is 7.00. The number of carbonyl (C=O) groups excluding carboxylic acids is 1. The average molecular weight is 570 g/mol. The van der Waals surface area contributed by atoms with Gasteiger partial charge in [0.05, 0.1) is 16.3 Å². The van der Waals surface area contributed by atoms with Gasteiger partial charge < -0.3 is 10.4 Å². The molecule has 1 heterocycles. The van der Waals surface area contributed by atoms with E-state index >= 15 is 0 Å². The van der Waals surface area contributed by atoms with Crippen LogP contribution in [0.5, 0.6) is 5.75 Å². The van der Waals surface area contributed by atoms with Crippen LogP contribution in [-0.2, 0) is 14.8 Å². The van der Waals surface area contributed by atoms with Crippen molar-refractivity contribution in [1.29, 1.82) is 0 Å². The van der Waals surface area contributed by atoms with Crippen LogP contribution in [0.2, 0.25) is 5.02 Å². The fraction of sp³-hybridized carbons (Fsp3) is 0.261. The van der Waals surface area contributed by atoms with Crippen molar-refractivity contribution in [1.82, 2.24) is 4.31 Å². The predicted octanol–water partition coefficient (Wildman–Crippen LogP) is 5.87. The molecule has 0 unspecified atom stereocenters. The summed E-state index contributed by atoms with van der Waals surface area (Å²) in [5.74, 6) is -0.501. The number of fused-ring (bicyclic) bond motifs is 1. The minimum absolute atomic E-state index is 0.0517. The Morgan fingerprint density at radius 1 is 1.12 bits per heavy atom. The lowest BCUT2D eigenvalue weighted by Gasteiger charge is -2.26. The Bertz CT molecular complexity index is 1310. The Balaban J connectivity index is 1.50. The molecule has 0 bridgehead atoms. The van der Waals surface area contributed by atoms with Gasteiger partial charge in [0.15, 0.2) is 0 Å². The lowest BCUT2D eigenvalue weighted by molar-refractivity contribution is -0.113. The molecule has 0 radical (unpaired) electrons. The molecule has 10 heteroatoms. The van der Waals surface area contributed by atoms with Gasteiger partial charge in [-0.3, -0.25) is 4.79 Å². The number of hydrogen-bond donors (Lipinski definition) is 2. The number of carbonyl (C=O) groups is 1. The molecule has 1 aliphatic heterocycles. The lowest BCUT2D eigenvalue weighted by Crippen LogP contribution is -2.35. The average Bonchev–Trinajstić information content (AvgIpc) is 2.81. The standard InChI is InChI=1S/C23H22BrClN2O4S2/c24-17-8-10-21(23-16(17)5-4-6-18(23)25)32-14-22(29)26-19-13-15(7-9-20(19)28)33(30,31)27-11-2-1-3-12-27/h4-10,13,28H,1-3,11-12,14H2,(H,26,29). The van der Waals surface area contributed by atoms with Crippen molar-refractivity contribution in [2.45, 2.75) is 29.1 Å². The van der Waals surface area contributed by atoms with Crippen LogP contribution in [0.4, 0.5) is 5.69 Å². The molecule has 1 fully saturated rings. The first-order valence-corrected chi connectivity index (χ1v) is 14.0. The highest BCUT2D eigenvalue weighted by Gasteiger charge is 2.26. The first-order valence-electron chi connectivity index (χ1n) is 10.4. The van der Waals surface area contributed by atoms with Crippen molar-refractivity contribution in [3.05, 3.63) is 58.0 Å². The molecule has 3 aromatic rings. The second-order valence-electron chi connectivity index (χ2n) is 7.69. The van der Waals surface area contributed by atoms with E-state index in [1.165, 1.54) is 34.3 Å². The normalized spacial score (nSPS) is 15.0. The zero-order chi connectivity index (χ0) is 23.6. The van der Waals surface area contributed by atoms with Gasteiger partial charge in [-0.05, 0) is 54.6 Å². The largest absolute Gasteiger partial charge is 0.506 e. The van der Waals surface area contributed by atoms with Crippen molar-refractivity contribution >= 4 is 71.7 Å². The fourth-order valence-electron chi connectivity index (χ4n) is 3.78. The SMILES string of the molecule is O=C(CSc1ccc(Br)c2cccc(Cl)c12)Nc1cc(S(=O)(=O)N2CCCCC2)ccc1O. The number of phenols is 1. The third kappa shape index (κ3) is 5.33. The number of anilines is 1. The van der Waals surface area contributed by atoms with Gasteiger partial charge in [-0.15, -0.1) is 11.8 Å².